The van der Waals surface area contributed by atoms with E-state index < -0.39 is 12.0 Å². The summed E-state index contributed by atoms with van der Waals surface area (Å²) in [7, 11) is 1.31. The van der Waals surface area contributed by atoms with Gasteiger partial charge in [0.25, 0.3) is 5.91 Å². The van der Waals surface area contributed by atoms with Crippen LogP contribution in [0.5, 0.6) is 0 Å². The largest absolute Gasteiger partial charge is 0.467 e. The lowest BCUT2D eigenvalue weighted by Gasteiger charge is -2.17. The van der Waals surface area contributed by atoms with Gasteiger partial charge in [-0.2, -0.15) is 0 Å². The summed E-state index contributed by atoms with van der Waals surface area (Å²) < 4.78 is 4.84. The van der Waals surface area contributed by atoms with Crippen molar-refractivity contribution >= 4 is 22.6 Å². The molecule has 1 aromatic heterocycles. The molecule has 0 saturated carbocycles. The summed E-state index contributed by atoms with van der Waals surface area (Å²) in [5.74, 6) is -0.838. The van der Waals surface area contributed by atoms with Gasteiger partial charge in [-0.3, -0.25) is 9.78 Å². The molecule has 0 bridgehead atoms. The number of pyridine rings is 1. The quantitative estimate of drug-likeness (QED) is 0.729. The maximum atomic E-state index is 12.3. The molecule has 1 atom stereocenters. The zero-order valence-corrected chi connectivity index (χ0v) is 13.8. The van der Waals surface area contributed by atoms with Crippen LogP contribution >= 0.6 is 0 Å². The molecular formula is C20H18N2O3. The van der Waals surface area contributed by atoms with Crippen molar-refractivity contribution in [1.29, 1.82) is 0 Å². The van der Waals surface area contributed by atoms with Crippen LogP contribution in [0.25, 0.3) is 10.8 Å². The lowest BCUT2D eigenvalue weighted by atomic mass is 10.0. The Morgan fingerprint density at radius 1 is 1.08 bits per heavy atom. The molecule has 0 fully saturated rings. The number of carbonyl (C=O) groups excluding carboxylic acids is 2. The van der Waals surface area contributed by atoms with E-state index in [4.69, 9.17) is 4.74 Å². The molecule has 0 aliphatic carbocycles. The first-order valence-corrected chi connectivity index (χ1v) is 7.94. The minimum absolute atomic E-state index is 0.351. The molecule has 1 N–H and O–H groups in total. The zero-order chi connectivity index (χ0) is 17.6. The van der Waals surface area contributed by atoms with Gasteiger partial charge < -0.3 is 10.1 Å². The van der Waals surface area contributed by atoms with E-state index >= 15 is 0 Å². The number of rotatable bonds is 5. The number of methoxy groups -OCH3 is 1. The fraction of sp³-hybridized carbons (Fsp3) is 0.150. The minimum Gasteiger partial charge on any atom is -0.467 e. The highest BCUT2D eigenvalue weighted by Crippen LogP contribution is 2.17. The maximum Gasteiger partial charge on any atom is 0.328 e. The minimum atomic E-state index is -0.765. The van der Waals surface area contributed by atoms with Gasteiger partial charge in [-0.15, -0.1) is 0 Å². The highest BCUT2D eigenvalue weighted by molar-refractivity contribution is 5.96. The van der Waals surface area contributed by atoms with E-state index in [0.717, 1.165) is 16.3 Å². The Balaban J connectivity index is 1.80. The van der Waals surface area contributed by atoms with E-state index in [1.54, 1.807) is 18.3 Å². The molecule has 1 amide bonds. The standard InChI is InChI=1S/C20H18N2O3/c1-25-20(24)18(22-19(23)17-7-4-10-21-13-17)12-14-8-9-15-5-2-3-6-16(15)11-14/h2-11,13,18H,12H2,1H3,(H,22,23)/t18-/m0/s1. The Morgan fingerprint density at radius 2 is 1.88 bits per heavy atom. The third kappa shape index (κ3) is 4.01. The van der Waals surface area contributed by atoms with Crippen molar-refractivity contribution in [2.24, 2.45) is 0 Å². The van der Waals surface area contributed by atoms with Crippen LogP contribution in [0, 0.1) is 0 Å². The number of aromatic nitrogens is 1. The lowest BCUT2D eigenvalue weighted by Crippen LogP contribution is -2.43. The van der Waals surface area contributed by atoms with E-state index in [9.17, 15) is 9.59 Å². The molecule has 0 radical (unpaired) electrons. The second-order valence-electron chi connectivity index (χ2n) is 5.68. The molecule has 25 heavy (non-hydrogen) atoms. The Bertz CT molecular complexity index is 894. The van der Waals surface area contributed by atoms with E-state index in [0.29, 0.717) is 12.0 Å². The molecule has 0 saturated heterocycles. The number of carbonyl (C=O) groups is 2. The average molecular weight is 334 g/mol. The van der Waals surface area contributed by atoms with E-state index in [-0.39, 0.29) is 5.91 Å². The zero-order valence-electron chi connectivity index (χ0n) is 13.8. The summed E-state index contributed by atoms with van der Waals surface area (Å²) in [5, 5.41) is 4.94. The molecule has 0 unspecified atom stereocenters. The first-order chi connectivity index (χ1) is 12.2. The molecule has 5 nitrogen and oxygen atoms in total. The molecule has 126 valence electrons. The summed E-state index contributed by atoms with van der Waals surface area (Å²) in [5.41, 5.74) is 1.34. The Hall–Kier alpha value is -3.21. The number of esters is 1. The van der Waals surface area contributed by atoms with Crippen LogP contribution in [0.1, 0.15) is 15.9 Å². The number of nitrogens with zero attached hydrogens (tertiary/aromatic N) is 1. The molecule has 1 heterocycles. The molecule has 3 aromatic rings. The second kappa shape index (κ2) is 7.57. The van der Waals surface area contributed by atoms with Crippen molar-refractivity contribution in [1.82, 2.24) is 10.3 Å². The van der Waals surface area contributed by atoms with Gasteiger partial charge in [-0.25, -0.2) is 4.79 Å². The van der Waals surface area contributed by atoms with Gasteiger partial charge in [0, 0.05) is 18.8 Å². The van der Waals surface area contributed by atoms with Crippen molar-refractivity contribution in [3.8, 4) is 0 Å². The van der Waals surface area contributed by atoms with Crippen molar-refractivity contribution in [3.05, 3.63) is 78.1 Å². The highest BCUT2D eigenvalue weighted by Gasteiger charge is 2.22. The van der Waals surface area contributed by atoms with Crippen molar-refractivity contribution in [2.45, 2.75) is 12.5 Å². The average Bonchev–Trinajstić information content (AvgIpc) is 2.67. The lowest BCUT2D eigenvalue weighted by molar-refractivity contribution is -0.142. The SMILES string of the molecule is COC(=O)[C@H](Cc1ccc2ccccc2c1)NC(=O)c1cccnc1. The number of fused-ring (bicyclic) bond motifs is 1. The van der Waals surface area contributed by atoms with Crippen LogP contribution in [0.3, 0.4) is 0 Å². The molecule has 2 aromatic carbocycles. The summed E-state index contributed by atoms with van der Waals surface area (Å²) in [6, 6.07) is 16.5. The van der Waals surface area contributed by atoms with Crippen molar-refractivity contribution in [3.63, 3.8) is 0 Å². The van der Waals surface area contributed by atoms with Gasteiger partial charge in [-0.1, -0.05) is 42.5 Å². The van der Waals surface area contributed by atoms with Crippen LogP contribution in [0.15, 0.2) is 67.0 Å². The number of hydrogen-bond donors (Lipinski definition) is 1. The van der Waals surface area contributed by atoms with Gasteiger partial charge >= 0.3 is 5.97 Å². The van der Waals surface area contributed by atoms with Crippen LogP contribution in [-0.4, -0.2) is 30.0 Å². The van der Waals surface area contributed by atoms with Crippen LogP contribution < -0.4 is 5.32 Å². The van der Waals surface area contributed by atoms with Crippen LogP contribution in [0.4, 0.5) is 0 Å². The molecular weight excluding hydrogens is 316 g/mol. The predicted molar refractivity (Wildman–Crippen MR) is 95.2 cm³/mol. The predicted octanol–water partition coefficient (Wildman–Crippen LogP) is 2.75. The fourth-order valence-corrected chi connectivity index (χ4v) is 2.68. The number of hydrogen-bond acceptors (Lipinski definition) is 4. The molecule has 0 aliphatic rings. The van der Waals surface area contributed by atoms with Gasteiger partial charge in [-0.05, 0) is 28.5 Å². The normalized spacial score (nSPS) is 11.7. The van der Waals surface area contributed by atoms with Crippen molar-refractivity contribution in [2.75, 3.05) is 7.11 Å². The van der Waals surface area contributed by atoms with Crippen molar-refractivity contribution < 1.29 is 14.3 Å². The number of nitrogens with one attached hydrogen (secondary N) is 1. The maximum absolute atomic E-state index is 12.3. The van der Waals surface area contributed by atoms with Crippen LogP contribution in [-0.2, 0) is 16.0 Å². The van der Waals surface area contributed by atoms with E-state index in [1.165, 1.54) is 13.3 Å². The topological polar surface area (TPSA) is 68.3 Å². The molecule has 3 rings (SSSR count). The number of amides is 1. The number of benzene rings is 2. The Morgan fingerprint density at radius 3 is 2.60 bits per heavy atom. The summed E-state index contributed by atoms with van der Waals surface area (Å²) in [6.07, 6.45) is 3.40. The highest BCUT2D eigenvalue weighted by atomic mass is 16.5. The van der Waals surface area contributed by atoms with E-state index in [1.807, 2.05) is 42.5 Å². The fourth-order valence-electron chi connectivity index (χ4n) is 2.68. The van der Waals surface area contributed by atoms with Gasteiger partial charge in [0.2, 0.25) is 0 Å². The molecule has 0 aliphatic heterocycles. The third-order valence-electron chi connectivity index (χ3n) is 3.97. The smallest absolute Gasteiger partial charge is 0.328 e. The molecule has 5 heteroatoms. The van der Waals surface area contributed by atoms with Crippen LogP contribution in [0.2, 0.25) is 0 Å². The monoisotopic (exact) mass is 334 g/mol. The first kappa shape index (κ1) is 16.6. The Labute approximate surface area is 145 Å². The third-order valence-corrected chi connectivity index (χ3v) is 3.97. The molecule has 0 spiro atoms. The van der Waals surface area contributed by atoms with Gasteiger partial charge in [0.1, 0.15) is 6.04 Å². The second-order valence-corrected chi connectivity index (χ2v) is 5.68. The van der Waals surface area contributed by atoms with E-state index in [2.05, 4.69) is 10.3 Å². The summed E-state index contributed by atoms with van der Waals surface area (Å²) in [6.45, 7) is 0. The first-order valence-electron chi connectivity index (χ1n) is 7.94. The van der Waals surface area contributed by atoms with Gasteiger partial charge in [0.05, 0.1) is 12.7 Å². The summed E-state index contributed by atoms with van der Waals surface area (Å²) in [4.78, 5) is 28.3. The Kier molecular flexibility index (Phi) is 5.04. The van der Waals surface area contributed by atoms with Gasteiger partial charge in [0.15, 0.2) is 0 Å². The number of ether oxygens (including phenoxy) is 1. The summed E-state index contributed by atoms with van der Waals surface area (Å²) >= 11 is 0.